The molecule has 0 bridgehead atoms. The van der Waals surface area contributed by atoms with E-state index in [1.54, 1.807) is 23.6 Å². The standard InChI is InChI=1S/C25H25FN4O2S/c1-16-11-24(33-15-16)25(29-9-7-27-8-10-29)21-13-19(3-5-22(21)26)18-4-6-23-20(12-18)14-28-30(23)32-17(2)31/h3-6,11-15,25,27H,7-10H2,1-2H3. The predicted octanol–water partition coefficient (Wildman–Crippen LogP) is 4.18. The lowest BCUT2D eigenvalue weighted by Gasteiger charge is -2.35. The first kappa shape index (κ1) is 21.8. The summed E-state index contributed by atoms with van der Waals surface area (Å²) in [6.07, 6.45) is 1.66. The third-order valence-corrected chi connectivity index (χ3v) is 7.01. The first-order chi connectivity index (χ1) is 16.0. The van der Waals surface area contributed by atoms with Crippen LogP contribution in [0.4, 0.5) is 4.39 Å². The molecule has 6 nitrogen and oxygen atoms in total. The molecule has 0 aliphatic carbocycles. The van der Waals surface area contributed by atoms with Gasteiger partial charge in [0.05, 0.1) is 12.2 Å². The maximum Gasteiger partial charge on any atom is 0.331 e. The highest BCUT2D eigenvalue weighted by Gasteiger charge is 2.28. The van der Waals surface area contributed by atoms with Crippen molar-refractivity contribution in [3.05, 3.63) is 75.9 Å². The van der Waals surface area contributed by atoms with Gasteiger partial charge >= 0.3 is 5.97 Å². The van der Waals surface area contributed by atoms with Crippen LogP contribution < -0.4 is 10.2 Å². The summed E-state index contributed by atoms with van der Waals surface area (Å²) in [4.78, 5) is 21.1. The van der Waals surface area contributed by atoms with E-state index in [1.165, 1.54) is 17.3 Å². The Balaban J connectivity index is 1.55. The third-order valence-electron chi connectivity index (χ3n) is 5.91. The van der Waals surface area contributed by atoms with E-state index in [0.717, 1.165) is 47.6 Å². The number of hydrogen-bond donors (Lipinski definition) is 1. The van der Waals surface area contributed by atoms with Crippen molar-refractivity contribution in [1.29, 1.82) is 0 Å². The van der Waals surface area contributed by atoms with E-state index < -0.39 is 5.97 Å². The van der Waals surface area contributed by atoms with Crippen molar-refractivity contribution >= 4 is 28.2 Å². The number of carbonyl (C=O) groups is 1. The molecule has 1 saturated heterocycles. The Morgan fingerprint density at radius 1 is 1.15 bits per heavy atom. The van der Waals surface area contributed by atoms with E-state index in [9.17, 15) is 4.79 Å². The molecule has 5 rings (SSSR count). The van der Waals surface area contributed by atoms with E-state index in [4.69, 9.17) is 4.84 Å². The molecule has 1 N–H and O–H groups in total. The summed E-state index contributed by atoms with van der Waals surface area (Å²) in [5.41, 5.74) is 4.47. The molecule has 4 aromatic rings. The lowest BCUT2D eigenvalue weighted by Crippen LogP contribution is -2.45. The second kappa shape index (κ2) is 9.05. The molecule has 0 amide bonds. The van der Waals surface area contributed by atoms with Gasteiger partial charge in [-0.25, -0.2) is 9.18 Å². The molecule has 0 saturated carbocycles. The first-order valence-corrected chi connectivity index (χ1v) is 11.8. The molecule has 1 aliphatic heterocycles. The highest BCUT2D eigenvalue weighted by Crippen LogP contribution is 2.37. The quantitative estimate of drug-likeness (QED) is 0.480. The van der Waals surface area contributed by atoms with Crippen LogP contribution >= 0.6 is 11.3 Å². The molecule has 2 aromatic carbocycles. The largest absolute Gasteiger partial charge is 0.331 e. The molecule has 2 aromatic heterocycles. The van der Waals surface area contributed by atoms with Crippen molar-refractivity contribution in [1.82, 2.24) is 20.2 Å². The number of fused-ring (bicyclic) bond motifs is 1. The van der Waals surface area contributed by atoms with Gasteiger partial charge in [0.2, 0.25) is 0 Å². The number of aryl methyl sites for hydroxylation is 1. The van der Waals surface area contributed by atoms with E-state index in [0.29, 0.717) is 11.1 Å². The summed E-state index contributed by atoms with van der Waals surface area (Å²) in [5.74, 6) is -0.632. The second-order valence-electron chi connectivity index (χ2n) is 8.33. The Morgan fingerprint density at radius 3 is 2.64 bits per heavy atom. The number of halogens is 1. The Hall–Kier alpha value is -3.07. The number of carbonyl (C=O) groups excluding carboxylic acids is 1. The lowest BCUT2D eigenvalue weighted by molar-refractivity contribution is -0.142. The minimum Gasteiger partial charge on any atom is -0.319 e. The summed E-state index contributed by atoms with van der Waals surface area (Å²) in [6.45, 7) is 6.94. The number of piperazine rings is 1. The topological polar surface area (TPSA) is 59.4 Å². The minimum absolute atomic E-state index is 0.124. The molecule has 0 spiro atoms. The van der Waals surface area contributed by atoms with Crippen molar-refractivity contribution in [2.75, 3.05) is 26.2 Å². The fourth-order valence-corrected chi connectivity index (χ4v) is 5.43. The lowest BCUT2D eigenvalue weighted by atomic mass is 9.96. The summed E-state index contributed by atoms with van der Waals surface area (Å²) in [7, 11) is 0. The van der Waals surface area contributed by atoms with Gasteiger partial charge in [0, 0.05) is 48.9 Å². The van der Waals surface area contributed by atoms with Crippen LogP contribution in [0.5, 0.6) is 0 Å². The highest BCUT2D eigenvalue weighted by molar-refractivity contribution is 7.10. The number of rotatable bonds is 5. The molecule has 1 aliphatic rings. The molecular weight excluding hydrogens is 439 g/mol. The number of benzene rings is 2. The summed E-state index contributed by atoms with van der Waals surface area (Å²) < 4.78 is 15.3. The van der Waals surface area contributed by atoms with E-state index >= 15 is 4.39 Å². The van der Waals surface area contributed by atoms with Crippen LogP contribution in [0.1, 0.15) is 29.0 Å². The highest BCUT2D eigenvalue weighted by atomic mass is 32.1. The van der Waals surface area contributed by atoms with E-state index in [2.05, 4.69) is 33.7 Å². The first-order valence-electron chi connectivity index (χ1n) is 11.0. The van der Waals surface area contributed by atoms with Crippen LogP contribution in [0.3, 0.4) is 0 Å². The van der Waals surface area contributed by atoms with Gasteiger partial charge in [-0.05, 0) is 59.3 Å². The van der Waals surface area contributed by atoms with Crippen molar-refractivity contribution in [2.24, 2.45) is 0 Å². The van der Waals surface area contributed by atoms with Crippen LogP contribution in [0.25, 0.3) is 22.0 Å². The minimum atomic E-state index is -0.435. The van der Waals surface area contributed by atoms with Gasteiger partial charge in [-0.3, -0.25) is 4.90 Å². The number of nitrogens with one attached hydrogen (secondary N) is 1. The molecule has 0 radical (unpaired) electrons. The Bertz CT molecular complexity index is 1310. The van der Waals surface area contributed by atoms with Crippen LogP contribution in [0.2, 0.25) is 0 Å². The number of aromatic nitrogens is 2. The molecule has 1 unspecified atom stereocenters. The Labute approximate surface area is 195 Å². The van der Waals surface area contributed by atoms with Gasteiger partial charge in [0.25, 0.3) is 0 Å². The van der Waals surface area contributed by atoms with Crippen LogP contribution in [0.15, 0.2) is 54.0 Å². The summed E-state index contributed by atoms with van der Waals surface area (Å²) in [6, 6.07) is 13.2. The van der Waals surface area contributed by atoms with Gasteiger partial charge in [0.1, 0.15) is 11.3 Å². The average molecular weight is 465 g/mol. The SMILES string of the molecule is CC(=O)On1ncc2cc(-c3ccc(F)c(C(c4cc(C)cs4)N4CCNCC4)c3)ccc21. The van der Waals surface area contributed by atoms with Crippen LogP contribution in [0, 0.1) is 12.7 Å². The van der Waals surface area contributed by atoms with Crippen molar-refractivity contribution < 1.29 is 14.0 Å². The van der Waals surface area contributed by atoms with Crippen molar-refractivity contribution in [3.63, 3.8) is 0 Å². The number of hydrogen-bond acceptors (Lipinski definition) is 6. The Morgan fingerprint density at radius 2 is 1.91 bits per heavy atom. The second-order valence-corrected chi connectivity index (χ2v) is 9.27. The van der Waals surface area contributed by atoms with Crippen LogP contribution in [-0.4, -0.2) is 47.0 Å². The smallest absolute Gasteiger partial charge is 0.319 e. The molecule has 1 atom stereocenters. The number of nitrogens with zero attached hydrogens (tertiary/aromatic N) is 3. The molecule has 3 heterocycles. The van der Waals surface area contributed by atoms with Gasteiger partial charge in [0.15, 0.2) is 0 Å². The average Bonchev–Trinajstić information content (AvgIpc) is 3.41. The van der Waals surface area contributed by atoms with Crippen LogP contribution in [-0.2, 0) is 4.79 Å². The van der Waals surface area contributed by atoms with Gasteiger partial charge in [-0.15, -0.1) is 16.4 Å². The third kappa shape index (κ3) is 4.42. The van der Waals surface area contributed by atoms with Crippen molar-refractivity contribution in [2.45, 2.75) is 19.9 Å². The molecule has 1 fully saturated rings. The number of thiophene rings is 1. The fraction of sp³-hybridized carbons (Fsp3) is 0.280. The predicted molar refractivity (Wildman–Crippen MR) is 128 cm³/mol. The van der Waals surface area contributed by atoms with Gasteiger partial charge in [-0.1, -0.05) is 17.0 Å². The molecular formula is C25H25FN4O2S. The summed E-state index contributed by atoms with van der Waals surface area (Å²) >= 11 is 1.68. The Kier molecular flexibility index (Phi) is 5.97. The fourth-order valence-electron chi connectivity index (χ4n) is 4.38. The van der Waals surface area contributed by atoms with E-state index in [1.807, 2.05) is 30.3 Å². The van der Waals surface area contributed by atoms with Crippen molar-refractivity contribution in [3.8, 4) is 11.1 Å². The zero-order chi connectivity index (χ0) is 22.9. The molecule has 170 valence electrons. The monoisotopic (exact) mass is 464 g/mol. The van der Waals surface area contributed by atoms with E-state index in [-0.39, 0.29) is 11.9 Å². The summed E-state index contributed by atoms with van der Waals surface area (Å²) in [5, 5.41) is 10.5. The maximum absolute atomic E-state index is 15.3. The van der Waals surface area contributed by atoms with Gasteiger partial charge < -0.3 is 10.2 Å². The zero-order valence-electron chi connectivity index (χ0n) is 18.5. The molecule has 8 heteroatoms. The van der Waals surface area contributed by atoms with Gasteiger partial charge in [-0.2, -0.15) is 0 Å². The maximum atomic E-state index is 15.3. The molecule has 33 heavy (non-hydrogen) atoms. The zero-order valence-corrected chi connectivity index (χ0v) is 19.4. The normalized spacial score (nSPS) is 15.6.